The van der Waals surface area contributed by atoms with E-state index >= 15 is 0 Å². The molecule has 2 aromatic rings. The number of guanidine groups is 1. The summed E-state index contributed by atoms with van der Waals surface area (Å²) in [6.07, 6.45) is -4.41. The zero-order valence-corrected chi connectivity index (χ0v) is 15.5. The Labute approximate surface area is 155 Å². The first-order chi connectivity index (χ1) is 12.4. The summed E-state index contributed by atoms with van der Waals surface area (Å²) in [7, 11) is 2.00. The lowest BCUT2D eigenvalue weighted by atomic mass is 10.3. The van der Waals surface area contributed by atoms with E-state index in [1.54, 1.807) is 0 Å². The molecule has 0 spiro atoms. The summed E-state index contributed by atoms with van der Waals surface area (Å²) in [4.78, 5) is 9.99. The summed E-state index contributed by atoms with van der Waals surface area (Å²) in [5.41, 5.74) is 0.244. The number of nitrogens with zero attached hydrogens (tertiary/aromatic N) is 3. The van der Waals surface area contributed by atoms with Crippen LogP contribution in [-0.2, 0) is 12.7 Å². The Kier molecular flexibility index (Phi) is 7.26. The smallest absolute Gasteiger partial charge is 0.373 e. The third kappa shape index (κ3) is 6.21. The second-order valence-corrected chi connectivity index (χ2v) is 6.45. The minimum Gasteiger partial charge on any atom is -0.373 e. The van der Waals surface area contributed by atoms with Gasteiger partial charge in [0.15, 0.2) is 11.7 Å². The van der Waals surface area contributed by atoms with E-state index in [9.17, 15) is 13.2 Å². The fourth-order valence-corrected chi connectivity index (χ4v) is 2.88. The molecule has 142 valence electrons. The third-order valence-electron chi connectivity index (χ3n) is 3.50. The van der Waals surface area contributed by atoms with E-state index < -0.39 is 11.9 Å². The molecule has 0 fully saturated rings. The predicted molar refractivity (Wildman–Crippen MR) is 99.6 cm³/mol. The largest absolute Gasteiger partial charge is 0.434 e. The Bertz CT molecular complexity index is 700. The minimum absolute atomic E-state index is 0.102. The summed E-state index contributed by atoms with van der Waals surface area (Å²) < 4.78 is 37.7. The molecule has 0 saturated carbocycles. The molecule has 2 rings (SSSR count). The zero-order valence-electron chi connectivity index (χ0n) is 14.7. The van der Waals surface area contributed by atoms with Gasteiger partial charge in [0.05, 0.1) is 6.54 Å². The molecule has 0 bridgehead atoms. The average Bonchev–Trinajstić information content (AvgIpc) is 3.10. The number of anilines is 1. The van der Waals surface area contributed by atoms with Crippen LogP contribution >= 0.6 is 11.3 Å². The number of halogens is 3. The monoisotopic (exact) mass is 385 g/mol. The number of alkyl halides is 3. The van der Waals surface area contributed by atoms with Gasteiger partial charge in [-0.25, -0.2) is 9.98 Å². The number of rotatable bonds is 7. The molecule has 1 aromatic heterocycles. The van der Waals surface area contributed by atoms with E-state index in [-0.39, 0.29) is 6.54 Å². The SMILES string of the molecule is CCNC(=NCc1nc(C(F)(F)F)cs1)NCCN(C)c1ccccc1. The van der Waals surface area contributed by atoms with E-state index in [0.717, 1.165) is 28.9 Å². The molecule has 26 heavy (non-hydrogen) atoms. The highest BCUT2D eigenvalue weighted by Crippen LogP contribution is 2.30. The highest BCUT2D eigenvalue weighted by Gasteiger charge is 2.33. The number of hydrogen-bond acceptors (Lipinski definition) is 4. The minimum atomic E-state index is -4.41. The second-order valence-electron chi connectivity index (χ2n) is 5.50. The lowest BCUT2D eigenvalue weighted by molar-refractivity contribution is -0.140. The summed E-state index contributed by atoms with van der Waals surface area (Å²) in [5, 5.41) is 7.60. The fourth-order valence-electron chi connectivity index (χ4n) is 2.16. The van der Waals surface area contributed by atoms with Gasteiger partial charge < -0.3 is 15.5 Å². The van der Waals surface area contributed by atoms with E-state index in [0.29, 0.717) is 24.1 Å². The molecule has 9 heteroatoms. The fraction of sp³-hybridized carbons (Fsp3) is 0.412. The van der Waals surface area contributed by atoms with Crippen molar-refractivity contribution in [3.8, 4) is 0 Å². The van der Waals surface area contributed by atoms with Crippen molar-refractivity contribution in [2.24, 2.45) is 4.99 Å². The van der Waals surface area contributed by atoms with Gasteiger partial charge in [-0.1, -0.05) is 18.2 Å². The number of benzene rings is 1. The molecule has 0 atom stereocenters. The summed E-state index contributed by atoms with van der Waals surface area (Å²) in [5.74, 6) is 0.553. The number of likely N-dealkylation sites (N-methyl/N-ethyl adjacent to an activating group) is 1. The Morgan fingerprint density at radius 1 is 1.23 bits per heavy atom. The van der Waals surface area contributed by atoms with Crippen molar-refractivity contribution in [2.45, 2.75) is 19.6 Å². The van der Waals surface area contributed by atoms with Gasteiger partial charge in [0.1, 0.15) is 5.01 Å². The standard InChI is InChI=1S/C17H22F3N5S/c1-3-21-16(22-9-10-25(2)13-7-5-4-6-8-13)23-11-15-24-14(12-26-15)17(18,19)20/h4-8,12H,3,9-11H2,1-2H3,(H2,21,22,23). The highest BCUT2D eigenvalue weighted by atomic mass is 32.1. The molecule has 0 unspecified atom stereocenters. The van der Waals surface area contributed by atoms with Crippen molar-refractivity contribution in [1.29, 1.82) is 0 Å². The Morgan fingerprint density at radius 3 is 2.58 bits per heavy atom. The molecule has 0 radical (unpaired) electrons. The summed E-state index contributed by atoms with van der Waals surface area (Å²) in [6.45, 7) is 4.09. The first kappa shape index (κ1) is 20.0. The molecular formula is C17H22F3N5S. The van der Waals surface area contributed by atoms with Crippen molar-refractivity contribution >= 4 is 23.0 Å². The molecule has 1 heterocycles. The zero-order chi connectivity index (χ0) is 19.0. The van der Waals surface area contributed by atoms with Crippen LogP contribution < -0.4 is 15.5 Å². The maximum atomic E-state index is 12.6. The molecule has 0 aliphatic heterocycles. The van der Waals surface area contributed by atoms with Gasteiger partial charge in [-0.2, -0.15) is 13.2 Å². The average molecular weight is 385 g/mol. The van der Waals surface area contributed by atoms with Crippen LogP contribution in [0.3, 0.4) is 0 Å². The molecule has 0 aliphatic carbocycles. The van der Waals surface area contributed by atoms with Crippen LogP contribution in [0.25, 0.3) is 0 Å². The van der Waals surface area contributed by atoms with Crippen LogP contribution in [0.5, 0.6) is 0 Å². The number of thiazole rings is 1. The van der Waals surface area contributed by atoms with Crippen LogP contribution in [0, 0.1) is 0 Å². The molecule has 2 N–H and O–H groups in total. The Balaban J connectivity index is 1.87. The quantitative estimate of drug-likeness (QED) is 0.567. The molecule has 0 saturated heterocycles. The normalized spacial score (nSPS) is 12.1. The number of hydrogen-bond donors (Lipinski definition) is 2. The first-order valence-corrected chi connectivity index (χ1v) is 9.08. The third-order valence-corrected chi connectivity index (χ3v) is 4.33. The van der Waals surface area contributed by atoms with Crippen molar-refractivity contribution in [1.82, 2.24) is 15.6 Å². The van der Waals surface area contributed by atoms with E-state index in [4.69, 9.17) is 0 Å². The summed E-state index contributed by atoms with van der Waals surface area (Å²) >= 11 is 0.961. The van der Waals surface area contributed by atoms with Gasteiger partial charge in [-0.15, -0.1) is 11.3 Å². The molecule has 5 nitrogen and oxygen atoms in total. The van der Waals surface area contributed by atoms with Gasteiger partial charge in [-0.05, 0) is 19.1 Å². The van der Waals surface area contributed by atoms with Crippen molar-refractivity contribution in [3.05, 3.63) is 46.4 Å². The topological polar surface area (TPSA) is 52.6 Å². The van der Waals surface area contributed by atoms with Gasteiger partial charge in [0, 0.05) is 37.7 Å². The van der Waals surface area contributed by atoms with Gasteiger partial charge in [0.25, 0.3) is 0 Å². The van der Waals surface area contributed by atoms with Crippen molar-refractivity contribution in [2.75, 3.05) is 31.6 Å². The molecular weight excluding hydrogens is 363 g/mol. The van der Waals surface area contributed by atoms with Crippen molar-refractivity contribution < 1.29 is 13.2 Å². The molecule has 0 aliphatic rings. The number of aromatic nitrogens is 1. The van der Waals surface area contributed by atoms with Crippen molar-refractivity contribution in [3.63, 3.8) is 0 Å². The van der Waals surface area contributed by atoms with Crippen LogP contribution in [0.2, 0.25) is 0 Å². The Morgan fingerprint density at radius 2 is 1.96 bits per heavy atom. The lowest BCUT2D eigenvalue weighted by Crippen LogP contribution is -2.41. The van der Waals surface area contributed by atoms with E-state index in [1.165, 1.54) is 0 Å². The van der Waals surface area contributed by atoms with Gasteiger partial charge in [0.2, 0.25) is 0 Å². The van der Waals surface area contributed by atoms with E-state index in [2.05, 4.69) is 25.5 Å². The first-order valence-electron chi connectivity index (χ1n) is 8.20. The number of para-hydroxylation sites is 1. The number of aliphatic imine (C=N–C) groups is 1. The van der Waals surface area contributed by atoms with Crippen LogP contribution in [0.15, 0.2) is 40.7 Å². The van der Waals surface area contributed by atoms with Crippen LogP contribution in [0.1, 0.15) is 17.6 Å². The lowest BCUT2D eigenvalue weighted by Gasteiger charge is -2.20. The molecule has 1 aromatic carbocycles. The number of nitrogens with one attached hydrogen (secondary N) is 2. The predicted octanol–water partition coefficient (Wildman–Crippen LogP) is 3.35. The van der Waals surface area contributed by atoms with Gasteiger partial charge in [-0.3, -0.25) is 0 Å². The van der Waals surface area contributed by atoms with Gasteiger partial charge >= 0.3 is 6.18 Å². The maximum absolute atomic E-state index is 12.6. The second kappa shape index (κ2) is 9.42. The van der Waals surface area contributed by atoms with Crippen LogP contribution in [-0.4, -0.2) is 37.6 Å². The maximum Gasteiger partial charge on any atom is 0.434 e. The van der Waals surface area contributed by atoms with E-state index in [1.807, 2.05) is 44.3 Å². The van der Waals surface area contributed by atoms with Crippen LogP contribution in [0.4, 0.5) is 18.9 Å². The summed E-state index contributed by atoms with van der Waals surface area (Å²) in [6, 6.07) is 9.98. The Hall–Kier alpha value is -2.29. The highest BCUT2D eigenvalue weighted by molar-refractivity contribution is 7.09. The molecule has 0 amide bonds.